The molecular weight excluding hydrogens is 298 g/mol. The molecule has 0 aliphatic heterocycles. The minimum absolute atomic E-state index is 0.142. The molecule has 2 aromatic carbocycles. The number of aromatic nitrogens is 3. The van der Waals surface area contributed by atoms with E-state index in [0.29, 0.717) is 12.2 Å². The Labute approximate surface area is 141 Å². The summed E-state index contributed by atoms with van der Waals surface area (Å²) in [5.74, 6) is 0.572. The first-order valence-electron chi connectivity index (χ1n) is 8.36. The first kappa shape index (κ1) is 14.8. The molecule has 1 aliphatic rings. The lowest BCUT2D eigenvalue weighted by Crippen LogP contribution is -2.18. The van der Waals surface area contributed by atoms with E-state index < -0.39 is 0 Å². The summed E-state index contributed by atoms with van der Waals surface area (Å²) in [4.78, 5) is 14.1. The van der Waals surface area contributed by atoms with Gasteiger partial charge < -0.3 is 0 Å². The van der Waals surface area contributed by atoms with Crippen molar-refractivity contribution in [3.05, 3.63) is 72.4 Å². The van der Waals surface area contributed by atoms with E-state index in [1.807, 2.05) is 60.7 Å². The molecule has 0 bridgehead atoms. The van der Waals surface area contributed by atoms with Crippen molar-refractivity contribution in [2.24, 2.45) is 5.92 Å². The van der Waals surface area contributed by atoms with Gasteiger partial charge in [-0.3, -0.25) is 4.79 Å². The number of benzene rings is 2. The van der Waals surface area contributed by atoms with Crippen LogP contribution in [0.3, 0.4) is 0 Å². The maximum Gasteiger partial charge on any atom is 0.138 e. The third-order valence-corrected chi connectivity index (χ3v) is 4.47. The van der Waals surface area contributed by atoms with Crippen molar-refractivity contribution >= 4 is 5.78 Å². The lowest BCUT2D eigenvalue weighted by atomic mass is 10.0. The minimum atomic E-state index is -0.142. The number of hydrogen-bond acceptors (Lipinski definition) is 3. The number of rotatable bonds is 6. The van der Waals surface area contributed by atoms with E-state index in [1.165, 1.54) is 0 Å². The van der Waals surface area contributed by atoms with Crippen LogP contribution in [0, 0.1) is 5.92 Å². The molecule has 1 atom stereocenters. The lowest BCUT2D eigenvalue weighted by Gasteiger charge is -2.16. The number of hydrogen-bond donors (Lipinski definition) is 0. The molecule has 0 amide bonds. The molecule has 1 heterocycles. The van der Waals surface area contributed by atoms with Crippen LogP contribution in [0.5, 0.6) is 0 Å². The zero-order valence-electron chi connectivity index (χ0n) is 13.4. The Bertz CT molecular complexity index is 822. The van der Waals surface area contributed by atoms with Crippen LogP contribution in [-0.4, -0.2) is 20.8 Å². The van der Waals surface area contributed by atoms with E-state index >= 15 is 0 Å². The predicted molar refractivity (Wildman–Crippen MR) is 92.4 cm³/mol. The molecule has 0 radical (unpaired) electrons. The Morgan fingerprint density at radius 2 is 1.71 bits per heavy atom. The third kappa shape index (κ3) is 3.13. The fraction of sp³-hybridized carbons (Fsp3) is 0.250. The van der Waals surface area contributed by atoms with Crippen LogP contribution in [0.25, 0.3) is 11.3 Å². The zero-order valence-corrected chi connectivity index (χ0v) is 13.4. The van der Waals surface area contributed by atoms with Crippen LogP contribution in [0.4, 0.5) is 0 Å². The van der Waals surface area contributed by atoms with Crippen molar-refractivity contribution in [3.63, 3.8) is 0 Å². The summed E-state index contributed by atoms with van der Waals surface area (Å²) < 4.78 is 0. The molecule has 120 valence electrons. The fourth-order valence-electron chi connectivity index (χ4n) is 2.94. The van der Waals surface area contributed by atoms with Crippen LogP contribution in [0.15, 0.2) is 66.9 Å². The van der Waals surface area contributed by atoms with E-state index in [9.17, 15) is 4.79 Å². The number of carbonyl (C=O) groups excluding carboxylic acids is 1. The van der Waals surface area contributed by atoms with E-state index in [-0.39, 0.29) is 12.0 Å². The van der Waals surface area contributed by atoms with Gasteiger partial charge in [-0.15, -0.1) is 0 Å². The molecule has 3 aromatic rings. The minimum Gasteiger partial charge on any atom is -0.299 e. The Morgan fingerprint density at radius 1 is 1.04 bits per heavy atom. The van der Waals surface area contributed by atoms with Gasteiger partial charge in [0.1, 0.15) is 17.5 Å². The van der Waals surface area contributed by atoms with E-state index in [0.717, 1.165) is 29.7 Å². The summed E-state index contributed by atoms with van der Waals surface area (Å²) in [5, 5.41) is 9.10. The molecule has 0 saturated heterocycles. The van der Waals surface area contributed by atoms with Gasteiger partial charge >= 0.3 is 0 Å². The summed E-state index contributed by atoms with van der Waals surface area (Å²) >= 11 is 0. The number of carbonyl (C=O) groups is 1. The quantitative estimate of drug-likeness (QED) is 0.692. The van der Waals surface area contributed by atoms with Crippen LogP contribution in [0.2, 0.25) is 0 Å². The van der Waals surface area contributed by atoms with E-state index in [4.69, 9.17) is 0 Å². The Morgan fingerprint density at radius 3 is 2.38 bits per heavy atom. The number of nitrogens with zero attached hydrogens (tertiary/aromatic N) is 3. The summed E-state index contributed by atoms with van der Waals surface area (Å²) in [6.45, 7) is 0. The highest BCUT2D eigenvalue weighted by Crippen LogP contribution is 2.34. The van der Waals surface area contributed by atoms with E-state index in [1.54, 1.807) is 11.0 Å². The van der Waals surface area contributed by atoms with Crippen LogP contribution in [0.1, 0.15) is 30.9 Å². The molecule has 0 spiro atoms. The van der Waals surface area contributed by atoms with Crippen molar-refractivity contribution in [3.8, 4) is 11.3 Å². The van der Waals surface area contributed by atoms with Gasteiger partial charge in [-0.2, -0.15) is 15.0 Å². The average Bonchev–Trinajstić information content (AvgIpc) is 3.38. The average molecular weight is 317 g/mol. The van der Waals surface area contributed by atoms with Crippen LogP contribution in [-0.2, 0) is 4.79 Å². The Kier molecular flexibility index (Phi) is 3.95. The second kappa shape index (κ2) is 6.40. The van der Waals surface area contributed by atoms with Gasteiger partial charge in [0.05, 0.1) is 6.20 Å². The summed E-state index contributed by atoms with van der Waals surface area (Å²) in [6, 6.07) is 19.9. The predicted octanol–water partition coefficient (Wildman–Crippen LogP) is 3.90. The van der Waals surface area contributed by atoms with Gasteiger partial charge in [0.2, 0.25) is 0 Å². The SMILES string of the molecule is O=C(CC(c1ccccc1)n1ncc(-c2ccccc2)n1)C1CC1. The van der Waals surface area contributed by atoms with Crippen LogP contribution >= 0.6 is 0 Å². The number of ketones is 1. The second-order valence-corrected chi connectivity index (χ2v) is 6.29. The molecule has 4 nitrogen and oxygen atoms in total. The molecule has 0 N–H and O–H groups in total. The van der Waals surface area contributed by atoms with Crippen LogP contribution < -0.4 is 0 Å². The van der Waals surface area contributed by atoms with Gasteiger partial charge in [0, 0.05) is 17.9 Å². The first-order chi connectivity index (χ1) is 11.8. The standard InChI is InChI=1S/C20H19N3O/c24-20(17-11-12-17)13-19(16-9-5-2-6-10-16)23-21-14-18(22-23)15-7-3-1-4-8-15/h1-10,14,17,19H,11-13H2. The summed E-state index contributed by atoms with van der Waals surface area (Å²) in [7, 11) is 0. The molecular formula is C20H19N3O. The molecule has 4 rings (SSSR count). The van der Waals surface area contributed by atoms with Gasteiger partial charge in [0.15, 0.2) is 0 Å². The van der Waals surface area contributed by atoms with E-state index in [2.05, 4.69) is 10.2 Å². The lowest BCUT2D eigenvalue weighted by molar-refractivity contribution is -0.120. The molecule has 1 aliphatic carbocycles. The van der Waals surface area contributed by atoms with Crippen molar-refractivity contribution in [1.82, 2.24) is 15.0 Å². The molecule has 24 heavy (non-hydrogen) atoms. The Balaban J connectivity index is 1.65. The highest BCUT2D eigenvalue weighted by atomic mass is 16.1. The maximum absolute atomic E-state index is 12.4. The van der Waals surface area contributed by atoms with Gasteiger partial charge in [0.25, 0.3) is 0 Å². The smallest absolute Gasteiger partial charge is 0.138 e. The molecule has 1 unspecified atom stereocenters. The highest BCUT2D eigenvalue weighted by molar-refractivity contribution is 5.83. The largest absolute Gasteiger partial charge is 0.299 e. The topological polar surface area (TPSA) is 47.8 Å². The van der Waals surface area contributed by atoms with Crippen molar-refractivity contribution in [1.29, 1.82) is 0 Å². The Hall–Kier alpha value is -2.75. The van der Waals surface area contributed by atoms with Gasteiger partial charge in [-0.05, 0) is 18.4 Å². The second-order valence-electron chi connectivity index (χ2n) is 6.29. The monoisotopic (exact) mass is 317 g/mol. The molecule has 1 aromatic heterocycles. The molecule has 1 saturated carbocycles. The maximum atomic E-state index is 12.4. The molecule has 4 heteroatoms. The summed E-state index contributed by atoms with van der Waals surface area (Å²) in [6.07, 6.45) is 4.29. The first-order valence-corrected chi connectivity index (χ1v) is 8.36. The number of Topliss-reactive ketones (excluding diaryl/α,β-unsaturated/α-hetero) is 1. The summed E-state index contributed by atoms with van der Waals surface area (Å²) in [5.41, 5.74) is 2.93. The van der Waals surface area contributed by atoms with Crippen molar-refractivity contribution < 1.29 is 4.79 Å². The fourth-order valence-corrected chi connectivity index (χ4v) is 2.94. The highest BCUT2D eigenvalue weighted by Gasteiger charge is 2.32. The van der Waals surface area contributed by atoms with Crippen molar-refractivity contribution in [2.75, 3.05) is 0 Å². The van der Waals surface area contributed by atoms with Gasteiger partial charge in [-0.25, -0.2) is 0 Å². The molecule has 1 fully saturated rings. The van der Waals surface area contributed by atoms with Gasteiger partial charge in [-0.1, -0.05) is 60.7 Å². The third-order valence-electron chi connectivity index (χ3n) is 4.47. The normalized spacial score (nSPS) is 15.2. The van der Waals surface area contributed by atoms with Crippen molar-refractivity contribution in [2.45, 2.75) is 25.3 Å². The zero-order chi connectivity index (χ0) is 16.4.